The number of piperazine rings is 1. The molecule has 2 aliphatic heterocycles. The quantitative estimate of drug-likeness (QED) is 0.210. The molecular formula is C28H38F6N6O4Si. The van der Waals surface area contributed by atoms with Gasteiger partial charge >= 0.3 is 12.4 Å². The second kappa shape index (κ2) is 14.1. The number of halogens is 6. The normalized spacial score (nSPS) is 19.7. The molecule has 0 aromatic carbocycles. The summed E-state index contributed by atoms with van der Waals surface area (Å²) in [6, 6.07) is 3.08. The molecule has 0 spiro atoms. The van der Waals surface area contributed by atoms with Crippen molar-refractivity contribution in [1.29, 1.82) is 0 Å². The molecule has 2 aromatic rings. The third-order valence-electron chi connectivity index (χ3n) is 7.69. The molecule has 2 atom stereocenters. The number of carbonyl (C=O) groups excluding carboxylic acids is 1. The molecule has 45 heavy (non-hydrogen) atoms. The number of nitrogens with zero attached hydrogens (tertiary/aromatic N) is 5. The van der Waals surface area contributed by atoms with Crippen LogP contribution in [0.25, 0.3) is 0 Å². The van der Waals surface area contributed by atoms with Gasteiger partial charge in [0.2, 0.25) is 5.91 Å². The Morgan fingerprint density at radius 2 is 1.71 bits per heavy atom. The standard InChI is InChI=1S/C28H38F6N6O4Si/c1-45(2,3)13-12-43-18-40-26(42)25(28(32,33)34)22(17-37-40)35-16-21-6-5-20(44-21)14-24(41)39-10-8-38(9-11-39)23-7-4-19(15-36-23)27(29,30)31/h4,7,15,17,20-21,35H,5-6,8-14,16,18H2,1-3H3. The van der Waals surface area contributed by atoms with Crippen LogP contribution in [0.5, 0.6) is 0 Å². The monoisotopic (exact) mass is 664 g/mol. The van der Waals surface area contributed by atoms with Gasteiger partial charge < -0.3 is 24.6 Å². The van der Waals surface area contributed by atoms with Crippen molar-refractivity contribution in [3.63, 3.8) is 0 Å². The Hall–Kier alpha value is -3.18. The van der Waals surface area contributed by atoms with Crippen molar-refractivity contribution >= 4 is 25.5 Å². The maximum Gasteiger partial charge on any atom is 0.423 e. The summed E-state index contributed by atoms with van der Waals surface area (Å²) in [5, 5.41) is 6.52. The predicted molar refractivity (Wildman–Crippen MR) is 157 cm³/mol. The summed E-state index contributed by atoms with van der Waals surface area (Å²) < 4.78 is 92.0. The smallest absolute Gasteiger partial charge is 0.380 e. The molecule has 4 heterocycles. The number of alkyl halides is 6. The summed E-state index contributed by atoms with van der Waals surface area (Å²) in [5.41, 5.74) is -3.94. The van der Waals surface area contributed by atoms with Crippen molar-refractivity contribution in [3.05, 3.63) is 46.0 Å². The summed E-state index contributed by atoms with van der Waals surface area (Å²) in [5.74, 6) is 0.254. The molecule has 2 saturated heterocycles. The van der Waals surface area contributed by atoms with E-state index in [1.807, 2.05) is 4.90 Å². The van der Waals surface area contributed by atoms with Crippen LogP contribution < -0.4 is 15.8 Å². The lowest BCUT2D eigenvalue weighted by Gasteiger charge is -2.36. The Kier molecular flexibility index (Phi) is 10.8. The summed E-state index contributed by atoms with van der Waals surface area (Å²) in [6.45, 7) is 7.87. The molecule has 2 fully saturated rings. The summed E-state index contributed by atoms with van der Waals surface area (Å²) in [7, 11) is -1.41. The molecule has 0 saturated carbocycles. The van der Waals surface area contributed by atoms with Crippen molar-refractivity contribution < 1.29 is 40.6 Å². The molecule has 2 aliphatic rings. The van der Waals surface area contributed by atoms with Crippen LogP contribution in [0, 0.1) is 0 Å². The zero-order chi connectivity index (χ0) is 33.0. The Morgan fingerprint density at radius 1 is 1.02 bits per heavy atom. The van der Waals surface area contributed by atoms with Gasteiger partial charge in [-0.05, 0) is 31.0 Å². The largest absolute Gasteiger partial charge is 0.423 e. The molecule has 250 valence electrons. The molecule has 1 amide bonds. The van der Waals surface area contributed by atoms with E-state index in [9.17, 15) is 35.9 Å². The van der Waals surface area contributed by atoms with Crippen LogP contribution in [0.3, 0.4) is 0 Å². The highest BCUT2D eigenvalue weighted by atomic mass is 28.3. The van der Waals surface area contributed by atoms with Crippen molar-refractivity contribution in [2.24, 2.45) is 0 Å². The highest BCUT2D eigenvalue weighted by molar-refractivity contribution is 6.76. The Bertz CT molecular complexity index is 1360. The van der Waals surface area contributed by atoms with Gasteiger partial charge in [-0.25, -0.2) is 9.67 Å². The summed E-state index contributed by atoms with van der Waals surface area (Å²) in [4.78, 5) is 32.9. The van der Waals surface area contributed by atoms with Crippen LogP contribution in [-0.2, 0) is 33.4 Å². The van der Waals surface area contributed by atoms with E-state index in [1.165, 1.54) is 6.07 Å². The maximum absolute atomic E-state index is 13.9. The highest BCUT2D eigenvalue weighted by Gasteiger charge is 2.39. The third-order valence-corrected chi connectivity index (χ3v) is 9.39. The lowest BCUT2D eigenvalue weighted by molar-refractivity contribution is -0.139. The van der Waals surface area contributed by atoms with Gasteiger partial charge in [-0.3, -0.25) is 9.59 Å². The minimum Gasteiger partial charge on any atom is -0.380 e. The first-order valence-corrected chi connectivity index (χ1v) is 18.4. The van der Waals surface area contributed by atoms with Gasteiger partial charge in [-0.2, -0.15) is 31.4 Å². The fraction of sp³-hybridized carbons (Fsp3) is 0.643. The van der Waals surface area contributed by atoms with Gasteiger partial charge in [-0.1, -0.05) is 19.6 Å². The minimum absolute atomic E-state index is 0.00951. The van der Waals surface area contributed by atoms with Gasteiger partial charge in [0.1, 0.15) is 18.1 Å². The van der Waals surface area contributed by atoms with Crippen molar-refractivity contribution in [2.45, 2.75) is 76.2 Å². The first-order chi connectivity index (χ1) is 21.0. The van der Waals surface area contributed by atoms with Crippen LogP contribution in [0.2, 0.25) is 25.7 Å². The number of rotatable bonds is 11. The highest BCUT2D eigenvalue weighted by Crippen LogP contribution is 2.33. The van der Waals surface area contributed by atoms with Gasteiger partial charge in [-0.15, -0.1) is 0 Å². The van der Waals surface area contributed by atoms with E-state index in [0.29, 0.717) is 56.1 Å². The average Bonchev–Trinajstić information content (AvgIpc) is 3.40. The van der Waals surface area contributed by atoms with Crippen LogP contribution >= 0.6 is 0 Å². The summed E-state index contributed by atoms with van der Waals surface area (Å²) in [6.07, 6.45) is -7.39. The topological polar surface area (TPSA) is 102 Å². The molecule has 1 N–H and O–H groups in total. The summed E-state index contributed by atoms with van der Waals surface area (Å²) >= 11 is 0. The van der Waals surface area contributed by atoms with Crippen molar-refractivity contribution in [3.8, 4) is 0 Å². The van der Waals surface area contributed by atoms with Crippen LogP contribution in [-0.4, -0.2) is 85.2 Å². The first kappa shape index (κ1) is 34.7. The number of aromatic nitrogens is 3. The molecule has 17 heteroatoms. The number of hydrogen-bond donors (Lipinski definition) is 1. The maximum atomic E-state index is 13.9. The van der Waals surface area contributed by atoms with E-state index >= 15 is 0 Å². The zero-order valence-electron chi connectivity index (χ0n) is 25.4. The average molecular weight is 665 g/mol. The fourth-order valence-corrected chi connectivity index (χ4v) is 5.83. The third kappa shape index (κ3) is 9.65. The second-order valence-electron chi connectivity index (χ2n) is 12.4. The van der Waals surface area contributed by atoms with E-state index in [0.717, 1.165) is 24.5 Å². The lowest BCUT2D eigenvalue weighted by Crippen LogP contribution is -2.49. The SMILES string of the molecule is C[Si](C)(C)CCOCn1ncc(NCC2CCC(CC(=O)N3CCN(c4ccc(C(F)(F)F)cn4)CC3)O2)c(C(F)(F)F)c1=O. The first-order valence-electron chi connectivity index (χ1n) is 14.7. The number of carbonyl (C=O) groups is 1. The van der Waals surface area contributed by atoms with Crippen molar-refractivity contribution in [2.75, 3.05) is 49.5 Å². The van der Waals surface area contributed by atoms with E-state index in [1.54, 1.807) is 4.90 Å². The predicted octanol–water partition coefficient (Wildman–Crippen LogP) is 4.69. The number of pyridine rings is 1. The number of anilines is 2. The lowest BCUT2D eigenvalue weighted by atomic mass is 10.1. The number of nitrogens with one attached hydrogen (secondary N) is 1. The minimum atomic E-state index is -4.92. The number of ether oxygens (including phenoxy) is 2. The Balaban J connectivity index is 1.25. The molecule has 0 bridgehead atoms. The van der Waals surface area contributed by atoms with E-state index < -0.39 is 55.0 Å². The molecule has 0 aliphatic carbocycles. The van der Waals surface area contributed by atoms with Gasteiger partial charge in [0.15, 0.2) is 0 Å². The second-order valence-corrected chi connectivity index (χ2v) is 18.0. The zero-order valence-corrected chi connectivity index (χ0v) is 26.4. The van der Waals surface area contributed by atoms with Crippen LogP contribution in [0.15, 0.2) is 29.3 Å². The van der Waals surface area contributed by atoms with E-state index in [2.05, 4.69) is 35.0 Å². The Morgan fingerprint density at radius 3 is 2.31 bits per heavy atom. The van der Waals surface area contributed by atoms with Gasteiger partial charge in [0.25, 0.3) is 5.56 Å². The molecule has 4 rings (SSSR count). The molecular weight excluding hydrogens is 626 g/mol. The van der Waals surface area contributed by atoms with Gasteiger partial charge in [0.05, 0.1) is 36.1 Å². The van der Waals surface area contributed by atoms with Gasteiger partial charge in [0, 0.05) is 53.6 Å². The van der Waals surface area contributed by atoms with E-state index in [4.69, 9.17) is 9.47 Å². The van der Waals surface area contributed by atoms with E-state index in [-0.39, 0.29) is 25.6 Å². The number of hydrogen-bond acceptors (Lipinski definition) is 8. The van der Waals surface area contributed by atoms with Crippen LogP contribution in [0.1, 0.15) is 30.4 Å². The molecule has 2 unspecified atom stereocenters. The molecule has 0 radical (unpaired) electrons. The number of amides is 1. The molecule has 10 nitrogen and oxygen atoms in total. The Labute approximate surface area is 257 Å². The fourth-order valence-electron chi connectivity index (χ4n) is 5.07. The molecule has 2 aromatic heterocycles. The van der Waals surface area contributed by atoms with Crippen molar-refractivity contribution in [1.82, 2.24) is 19.7 Å². The van der Waals surface area contributed by atoms with Crippen LogP contribution in [0.4, 0.5) is 37.8 Å².